The quantitative estimate of drug-likeness (QED) is 0.328. The number of nitrogens with zero attached hydrogens (tertiary/aromatic N) is 3. The first-order chi connectivity index (χ1) is 18.0. The molecule has 198 valence electrons. The van der Waals surface area contributed by atoms with Crippen molar-refractivity contribution >= 4 is 31.8 Å². The van der Waals surface area contributed by atoms with Crippen molar-refractivity contribution in [2.24, 2.45) is 0 Å². The fraction of sp³-hybridized carbons (Fsp3) is 0.192. The van der Waals surface area contributed by atoms with Crippen LogP contribution < -0.4 is 5.32 Å². The Morgan fingerprint density at radius 3 is 2.08 bits per heavy atom. The highest BCUT2D eigenvalue weighted by Gasteiger charge is 2.22. The predicted molar refractivity (Wildman–Crippen MR) is 142 cm³/mol. The highest BCUT2D eigenvalue weighted by molar-refractivity contribution is 7.92. The van der Waals surface area contributed by atoms with E-state index in [0.29, 0.717) is 5.56 Å². The normalized spacial score (nSPS) is 12.1. The molecule has 38 heavy (non-hydrogen) atoms. The second-order valence-corrected chi connectivity index (χ2v) is 13.3. The van der Waals surface area contributed by atoms with E-state index in [9.17, 15) is 21.6 Å². The highest BCUT2D eigenvalue weighted by atomic mass is 32.2. The van der Waals surface area contributed by atoms with Crippen LogP contribution in [0, 0.1) is 0 Å². The first-order valence-corrected chi connectivity index (χ1v) is 14.6. The third-order valence-electron chi connectivity index (χ3n) is 5.77. The summed E-state index contributed by atoms with van der Waals surface area (Å²) >= 11 is 0. The van der Waals surface area contributed by atoms with Crippen molar-refractivity contribution < 1.29 is 26.0 Å². The molecule has 0 saturated carbocycles. The summed E-state index contributed by atoms with van der Waals surface area (Å²) in [6.07, 6.45) is 0. The largest absolute Gasteiger partial charge is 0.403 e. The summed E-state index contributed by atoms with van der Waals surface area (Å²) in [5.41, 5.74) is 1.53. The van der Waals surface area contributed by atoms with E-state index in [1.165, 1.54) is 47.8 Å². The van der Waals surface area contributed by atoms with E-state index >= 15 is 0 Å². The fourth-order valence-electron chi connectivity index (χ4n) is 3.50. The van der Waals surface area contributed by atoms with Gasteiger partial charge in [0.25, 0.3) is 5.91 Å². The van der Waals surface area contributed by atoms with Crippen LogP contribution in [0.1, 0.15) is 29.8 Å². The number of nitrogens with one attached hydrogen (secondary N) is 1. The minimum absolute atomic E-state index is 0.0514. The average molecular weight is 555 g/mol. The Morgan fingerprint density at radius 2 is 1.47 bits per heavy atom. The van der Waals surface area contributed by atoms with Crippen molar-refractivity contribution in [2.75, 3.05) is 12.4 Å². The van der Waals surface area contributed by atoms with Gasteiger partial charge in [-0.3, -0.25) is 10.1 Å². The van der Waals surface area contributed by atoms with Gasteiger partial charge in [-0.15, -0.1) is 5.10 Å². The zero-order valence-electron chi connectivity index (χ0n) is 20.9. The van der Waals surface area contributed by atoms with E-state index in [4.69, 9.17) is 4.42 Å². The molecule has 1 heterocycles. The molecule has 1 aromatic heterocycles. The molecule has 0 atom stereocenters. The van der Waals surface area contributed by atoms with E-state index in [0.717, 1.165) is 5.56 Å². The molecular weight excluding hydrogens is 528 g/mol. The lowest BCUT2D eigenvalue weighted by molar-refractivity contribution is 0.102. The number of sulfonamides is 1. The number of aromatic nitrogens is 2. The molecule has 0 spiro atoms. The molecule has 0 saturated heterocycles. The van der Waals surface area contributed by atoms with Gasteiger partial charge in [-0.2, -0.15) is 4.31 Å². The predicted octanol–water partition coefficient (Wildman–Crippen LogP) is 3.99. The summed E-state index contributed by atoms with van der Waals surface area (Å²) in [6.45, 7) is 3.42. The number of benzene rings is 3. The maximum atomic E-state index is 12.9. The van der Waals surface area contributed by atoms with Gasteiger partial charge in [0.1, 0.15) is 0 Å². The van der Waals surface area contributed by atoms with Crippen molar-refractivity contribution in [1.29, 1.82) is 0 Å². The fourth-order valence-corrected chi connectivity index (χ4v) is 5.72. The summed E-state index contributed by atoms with van der Waals surface area (Å²) in [7, 11) is -5.68. The Labute approximate surface area is 221 Å². The van der Waals surface area contributed by atoms with Crippen molar-refractivity contribution in [3.8, 4) is 11.5 Å². The summed E-state index contributed by atoms with van der Waals surface area (Å²) in [5.74, 6) is -0.475. The monoisotopic (exact) mass is 554 g/mol. The van der Waals surface area contributed by atoms with E-state index in [1.54, 1.807) is 26.0 Å². The van der Waals surface area contributed by atoms with Crippen molar-refractivity contribution in [3.63, 3.8) is 0 Å². The Hall–Kier alpha value is -3.87. The summed E-state index contributed by atoms with van der Waals surface area (Å²) in [5, 5.41) is 9.63. The highest BCUT2D eigenvalue weighted by Crippen LogP contribution is 2.24. The molecule has 10 nitrogen and oxygen atoms in total. The molecule has 0 aliphatic rings. The first-order valence-electron chi connectivity index (χ1n) is 11.6. The third-order valence-corrected chi connectivity index (χ3v) is 9.76. The van der Waals surface area contributed by atoms with Crippen LogP contribution in [0.4, 0.5) is 6.01 Å². The number of amides is 1. The molecule has 0 fully saturated rings. The Kier molecular flexibility index (Phi) is 7.76. The molecule has 4 aromatic rings. The van der Waals surface area contributed by atoms with Gasteiger partial charge in [0.15, 0.2) is 9.84 Å². The lowest BCUT2D eigenvalue weighted by atomic mass is 10.2. The van der Waals surface area contributed by atoms with Crippen LogP contribution >= 0.6 is 0 Å². The summed E-state index contributed by atoms with van der Waals surface area (Å²) < 4.78 is 57.1. The smallest absolute Gasteiger partial charge is 0.322 e. The molecule has 1 N–H and O–H groups in total. The molecule has 0 bridgehead atoms. The first kappa shape index (κ1) is 27.2. The molecule has 0 aliphatic carbocycles. The van der Waals surface area contributed by atoms with Crippen molar-refractivity contribution in [1.82, 2.24) is 14.5 Å². The van der Waals surface area contributed by atoms with Crippen molar-refractivity contribution in [2.45, 2.75) is 35.4 Å². The Balaban J connectivity index is 1.42. The molecule has 0 radical (unpaired) electrons. The van der Waals surface area contributed by atoms with Crippen LogP contribution in [-0.2, 0) is 26.4 Å². The Morgan fingerprint density at radius 1 is 0.868 bits per heavy atom. The maximum Gasteiger partial charge on any atom is 0.322 e. The second-order valence-electron chi connectivity index (χ2n) is 8.76. The van der Waals surface area contributed by atoms with Crippen LogP contribution in [0.3, 0.4) is 0 Å². The van der Waals surface area contributed by atoms with Gasteiger partial charge in [-0.25, -0.2) is 16.8 Å². The van der Waals surface area contributed by atoms with Gasteiger partial charge < -0.3 is 4.42 Å². The molecule has 0 aliphatic heterocycles. The topological polar surface area (TPSA) is 140 Å². The van der Waals surface area contributed by atoms with Crippen LogP contribution in [0.2, 0.25) is 0 Å². The van der Waals surface area contributed by atoms with Gasteiger partial charge in [0.05, 0.1) is 15.0 Å². The number of hydrogen-bond donors (Lipinski definition) is 1. The van der Waals surface area contributed by atoms with Crippen molar-refractivity contribution in [3.05, 3.63) is 90.0 Å². The van der Waals surface area contributed by atoms with E-state index in [2.05, 4.69) is 15.5 Å². The molecule has 3 aromatic carbocycles. The van der Waals surface area contributed by atoms with Gasteiger partial charge in [-0.1, -0.05) is 35.4 Å². The summed E-state index contributed by atoms with van der Waals surface area (Å²) in [4.78, 5) is 12.9. The van der Waals surface area contributed by atoms with E-state index in [-0.39, 0.29) is 33.8 Å². The SMILES string of the molecule is CC(C)S(=O)(=O)c1ccc(-c2nnc(NC(=O)c3ccc(S(=O)(=O)N(C)Cc4ccccc4)cc3)o2)cc1. The summed E-state index contributed by atoms with van der Waals surface area (Å²) in [6, 6.07) is 20.6. The minimum atomic E-state index is -3.76. The van der Waals surface area contributed by atoms with Gasteiger partial charge >= 0.3 is 6.01 Å². The number of carbonyl (C=O) groups is 1. The second kappa shape index (κ2) is 10.9. The van der Waals surface area contributed by atoms with Gasteiger partial charge in [0, 0.05) is 24.7 Å². The molecule has 1 amide bonds. The van der Waals surface area contributed by atoms with Crippen LogP contribution in [0.25, 0.3) is 11.5 Å². The minimum Gasteiger partial charge on any atom is -0.403 e. The lowest BCUT2D eigenvalue weighted by Gasteiger charge is -2.17. The average Bonchev–Trinajstić information content (AvgIpc) is 3.37. The van der Waals surface area contributed by atoms with Crippen LogP contribution in [0.5, 0.6) is 0 Å². The Bertz CT molecular complexity index is 1630. The lowest BCUT2D eigenvalue weighted by Crippen LogP contribution is -2.26. The third kappa shape index (κ3) is 5.82. The number of hydrogen-bond acceptors (Lipinski definition) is 8. The maximum absolute atomic E-state index is 12.9. The van der Waals surface area contributed by atoms with E-state index < -0.39 is 31.0 Å². The molecule has 12 heteroatoms. The number of anilines is 1. The molecular formula is C26H26N4O6S2. The standard InChI is InChI=1S/C26H26N4O6S2/c1-18(2)37(32,33)22-13-11-21(12-14-22)25-28-29-26(36-25)27-24(31)20-9-15-23(16-10-20)38(34,35)30(3)17-19-7-5-4-6-8-19/h4-16,18H,17H2,1-3H3,(H,27,29,31). The van der Waals surface area contributed by atoms with Gasteiger partial charge in [0.2, 0.25) is 15.9 Å². The number of carbonyl (C=O) groups excluding carboxylic acids is 1. The van der Waals surface area contributed by atoms with Crippen LogP contribution in [0.15, 0.2) is 93.1 Å². The van der Waals surface area contributed by atoms with Crippen LogP contribution in [-0.4, -0.2) is 49.5 Å². The van der Waals surface area contributed by atoms with Gasteiger partial charge in [-0.05, 0) is 67.9 Å². The zero-order chi connectivity index (χ0) is 27.5. The molecule has 4 rings (SSSR count). The van der Waals surface area contributed by atoms with E-state index in [1.807, 2.05) is 30.3 Å². The zero-order valence-corrected chi connectivity index (χ0v) is 22.5. The molecule has 0 unspecified atom stereocenters. The number of rotatable bonds is 9. The number of sulfone groups is 1.